The Hall–Kier alpha value is -0.610. The molecule has 0 aromatic rings. The maximum Gasteiger partial charge on any atom is 0.209 e. The zero-order valence-electron chi connectivity index (χ0n) is 17.5. The van der Waals surface area contributed by atoms with Crippen LogP contribution in [0.2, 0.25) is 0 Å². The second kappa shape index (κ2) is 16.8. The predicted octanol–water partition coefficient (Wildman–Crippen LogP) is 5.26. The Labute approximate surface area is 156 Å². The van der Waals surface area contributed by atoms with Crippen LogP contribution in [0.25, 0.3) is 0 Å². The molecular weight excluding hydrogens is 314 g/mol. The Balaban J connectivity index is 0.000000387. The highest BCUT2D eigenvalue weighted by molar-refractivity contribution is 5.45. The van der Waals surface area contributed by atoms with Crippen LogP contribution in [0.4, 0.5) is 0 Å². The molecule has 0 bridgehead atoms. The van der Waals surface area contributed by atoms with Gasteiger partial charge in [0.1, 0.15) is 0 Å². The average molecular weight is 358 g/mol. The molecule has 4 heteroatoms. The van der Waals surface area contributed by atoms with Crippen LogP contribution in [-0.4, -0.2) is 44.9 Å². The van der Waals surface area contributed by atoms with E-state index < -0.39 is 0 Å². The minimum atomic E-state index is -0.0370. The Morgan fingerprint density at radius 2 is 1.16 bits per heavy atom. The Morgan fingerprint density at radius 3 is 1.40 bits per heavy atom. The molecule has 1 amide bonds. The Morgan fingerprint density at radius 1 is 0.840 bits per heavy atom. The van der Waals surface area contributed by atoms with Gasteiger partial charge in [0.2, 0.25) is 6.41 Å². The lowest BCUT2D eigenvalue weighted by Crippen LogP contribution is -2.20. The van der Waals surface area contributed by atoms with Gasteiger partial charge in [-0.25, -0.2) is 0 Å². The van der Waals surface area contributed by atoms with E-state index in [2.05, 4.69) is 0 Å². The van der Waals surface area contributed by atoms with Crippen molar-refractivity contribution in [2.45, 2.75) is 91.3 Å². The average Bonchev–Trinajstić information content (AvgIpc) is 2.65. The molecule has 0 aromatic heterocycles. The summed E-state index contributed by atoms with van der Waals surface area (Å²) in [6.07, 6.45) is 16.1. The second-order valence-electron chi connectivity index (χ2n) is 7.34. The van der Waals surface area contributed by atoms with Gasteiger partial charge in [-0.15, -0.1) is 0 Å². The molecule has 4 nitrogen and oxygen atoms in total. The second-order valence-corrected chi connectivity index (χ2v) is 7.34. The standard InChI is InChI=1S/C12H22.C6H14O2.C3H7NO/c1-3-7-11(8-4-1)12-9-5-2-6-10-12;1-4-7-6(3)8-5-2;1-4(2)3-5/h11-12H,1-10H2;6H,4-5H2,1-3H3;3H,1-2H3. The van der Waals surface area contributed by atoms with E-state index in [1.165, 1.54) is 43.4 Å². The van der Waals surface area contributed by atoms with E-state index in [4.69, 9.17) is 9.47 Å². The molecule has 0 N–H and O–H groups in total. The highest BCUT2D eigenvalue weighted by atomic mass is 16.7. The zero-order valence-corrected chi connectivity index (χ0v) is 17.5. The lowest BCUT2D eigenvalue weighted by molar-refractivity contribution is -0.123. The van der Waals surface area contributed by atoms with Crippen molar-refractivity contribution in [3.05, 3.63) is 0 Å². The van der Waals surface area contributed by atoms with Gasteiger partial charge in [-0.1, -0.05) is 64.2 Å². The van der Waals surface area contributed by atoms with Gasteiger partial charge >= 0.3 is 0 Å². The number of carbonyl (C=O) groups is 1. The number of rotatable bonds is 6. The summed E-state index contributed by atoms with van der Waals surface area (Å²) in [7, 11) is 3.38. The van der Waals surface area contributed by atoms with Crippen LogP contribution < -0.4 is 0 Å². The first-order valence-electron chi connectivity index (χ1n) is 10.4. The van der Waals surface area contributed by atoms with Gasteiger partial charge in [0.25, 0.3) is 0 Å². The fourth-order valence-electron chi connectivity index (χ4n) is 3.73. The van der Waals surface area contributed by atoms with Crippen LogP contribution in [0.1, 0.15) is 85.0 Å². The molecule has 0 saturated heterocycles. The molecule has 0 atom stereocenters. The maximum absolute atomic E-state index is 9.43. The molecule has 2 fully saturated rings. The third-order valence-electron chi connectivity index (χ3n) is 4.98. The Bertz CT molecular complexity index is 263. The van der Waals surface area contributed by atoms with Gasteiger partial charge in [0.15, 0.2) is 6.29 Å². The van der Waals surface area contributed by atoms with Crippen molar-refractivity contribution in [1.29, 1.82) is 0 Å². The molecule has 0 aromatic carbocycles. The highest BCUT2D eigenvalue weighted by Crippen LogP contribution is 2.37. The van der Waals surface area contributed by atoms with Crippen LogP contribution in [-0.2, 0) is 14.3 Å². The monoisotopic (exact) mass is 357 g/mol. The van der Waals surface area contributed by atoms with Crippen molar-refractivity contribution >= 4 is 6.41 Å². The smallest absolute Gasteiger partial charge is 0.209 e. The largest absolute Gasteiger partial charge is 0.353 e. The van der Waals surface area contributed by atoms with E-state index in [0.717, 1.165) is 31.5 Å². The third-order valence-corrected chi connectivity index (χ3v) is 4.98. The molecule has 2 rings (SSSR count). The summed E-state index contributed by atoms with van der Waals surface area (Å²) in [6, 6.07) is 0. The summed E-state index contributed by atoms with van der Waals surface area (Å²) in [5.41, 5.74) is 0. The van der Waals surface area contributed by atoms with E-state index in [1.807, 2.05) is 20.8 Å². The quantitative estimate of drug-likeness (QED) is 0.481. The van der Waals surface area contributed by atoms with Crippen molar-refractivity contribution in [3.8, 4) is 0 Å². The van der Waals surface area contributed by atoms with Crippen molar-refractivity contribution in [3.63, 3.8) is 0 Å². The van der Waals surface area contributed by atoms with Crippen molar-refractivity contribution < 1.29 is 14.3 Å². The van der Waals surface area contributed by atoms with Crippen LogP contribution in [0.3, 0.4) is 0 Å². The van der Waals surface area contributed by atoms with E-state index in [0.29, 0.717) is 0 Å². The number of hydrogen-bond acceptors (Lipinski definition) is 3. The molecule has 2 aliphatic rings. The Kier molecular flexibility index (Phi) is 16.4. The molecule has 25 heavy (non-hydrogen) atoms. The summed E-state index contributed by atoms with van der Waals surface area (Å²) in [6.45, 7) is 7.25. The molecule has 2 saturated carbocycles. The number of hydrogen-bond donors (Lipinski definition) is 0. The van der Waals surface area contributed by atoms with E-state index in [1.54, 1.807) is 39.8 Å². The minimum absolute atomic E-state index is 0.0370. The minimum Gasteiger partial charge on any atom is -0.353 e. The van der Waals surface area contributed by atoms with Crippen molar-refractivity contribution in [2.75, 3.05) is 27.3 Å². The van der Waals surface area contributed by atoms with Gasteiger partial charge in [0.05, 0.1) is 0 Å². The first-order valence-corrected chi connectivity index (χ1v) is 10.4. The van der Waals surface area contributed by atoms with Gasteiger partial charge in [-0.3, -0.25) is 4.79 Å². The van der Waals surface area contributed by atoms with Gasteiger partial charge in [-0.2, -0.15) is 0 Å². The molecule has 0 aliphatic heterocycles. The zero-order chi connectivity index (χ0) is 18.9. The molecule has 0 radical (unpaired) electrons. The normalized spacial score (nSPS) is 18.6. The number of ether oxygens (including phenoxy) is 2. The van der Waals surface area contributed by atoms with Crippen LogP contribution in [0.5, 0.6) is 0 Å². The van der Waals surface area contributed by atoms with Crippen molar-refractivity contribution in [2.24, 2.45) is 11.8 Å². The molecule has 0 heterocycles. The molecular formula is C21H43NO3. The fraction of sp³-hybridized carbons (Fsp3) is 0.952. The van der Waals surface area contributed by atoms with E-state index in [9.17, 15) is 4.79 Å². The molecule has 150 valence electrons. The van der Waals surface area contributed by atoms with E-state index in [-0.39, 0.29) is 6.29 Å². The summed E-state index contributed by atoms with van der Waals surface area (Å²) < 4.78 is 10.1. The summed E-state index contributed by atoms with van der Waals surface area (Å²) in [5, 5.41) is 0. The SMILES string of the molecule is C1CCC(C2CCCCC2)CC1.CCOC(C)OCC.CN(C)C=O. The first kappa shape index (κ1) is 24.4. The van der Waals surface area contributed by atoms with Crippen LogP contribution in [0, 0.1) is 11.8 Å². The van der Waals surface area contributed by atoms with Gasteiger partial charge in [-0.05, 0) is 32.6 Å². The maximum atomic E-state index is 9.43. The lowest BCUT2D eigenvalue weighted by atomic mass is 9.73. The summed E-state index contributed by atoms with van der Waals surface area (Å²) in [5.74, 6) is 2.28. The molecule has 0 spiro atoms. The van der Waals surface area contributed by atoms with Gasteiger partial charge in [0, 0.05) is 27.3 Å². The van der Waals surface area contributed by atoms with E-state index >= 15 is 0 Å². The van der Waals surface area contributed by atoms with Gasteiger partial charge < -0.3 is 14.4 Å². The number of amides is 1. The summed E-state index contributed by atoms with van der Waals surface area (Å²) >= 11 is 0. The fourth-order valence-corrected chi connectivity index (χ4v) is 3.73. The first-order chi connectivity index (χ1) is 12.0. The lowest BCUT2D eigenvalue weighted by Gasteiger charge is -2.32. The predicted molar refractivity (Wildman–Crippen MR) is 106 cm³/mol. The topological polar surface area (TPSA) is 38.8 Å². The van der Waals surface area contributed by atoms with Crippen molar-refractivity contribution in [1.82, 2.24) is 4.90 Å². The number of carbonyl (C=O) groups excluding carboxylic acids is 1. The van der Waals surface area contributed by atoms with Crippen LogP contribution in [0.15, 0.2) is 0 Å². The molecule has 2 aliphatic carbocycles. The summed E-state index contributed by atoms with van der Waals surface area (Å²) in [4.78, 5) is 10.9. The third kappa shape index (κ3) is 14.3. The number of nitrogens with zero attached hydrogens (tertiary/aromatic N) is 1. The molecule has 0 unspecified atom stereocenters. The van der Waals surface area contributed by atoms with Crippen LogP contribution >= 0.6 is 0 Å². The highest BCUT2D eigenvalue weighted by Gasteiger charge is 2.24.